The van der Waals surface area contributed by atoms with Crippen molar-refractivity contribution in [3.63, 3.8) is 0 Å². The van der Waals surface area contributed by atoms with Gasteiger partial charge in [0.15, 0.2) is 11.6 Å². The van der Waals surface area contributed by atoms with Gasteiger partial charge in [-0.2, -0.15) is 0 Å². The number of hydrogen-bond donors (Lipinski definition) is 2. The second kappa shape index (κ2) is 16.7. The van der Waals surface area contributed by atoms with Gasteiger partial charge in [0, 0.05) is 42.4 Å². The summed E-state index contributed by atoms with van der Waals surface area (Å²) in [6, 6.07) is 16.5. The summed E-state index contributed by atoms with van der Waals surface area (Å²) in [7, 11) is -5.55. The van der Waals surface area contributed by atoms with E-state index in [0.29, 0.717) is 34.9 Å². The molecule has 1 fully saturated rings. The number of nitrogens with two attached hydrogens (primary N) is 1. The first-order valence-corrected chi connectivity index (χ1v) is 19.5. The maximum absolute atomic E-state index is 13.9. The van der Waals surface area contributed by atoms with Crippen molar-refractivity contribution in [1.29, 1.82) is 0 Å². The molecule has 2 atom stereocenters. The number of carbonyl (C=O) groups excluding carboxylic acids is 4. The van der Waals surface area contributed by atoms with Crippen LogP contribution in [-0.2, 0) is 10.1 Å². The lowest BCUT2D eigenvalue weighted by Gasteiger charge is -2.53. The van der Waals surface area contributed by atoms with Gasteiger partial charge in [0.25, 0.3) is 11.8 Å². The molecule has 2 amide bonds. The van der Waals surface area contributed by atoms with Crippen molar-refractivity contribution in [2.75, 3.05) is 19.0 Å². The molecule has 0 radical (unpaired) electrons. The molecule has 0 spiro atoms. The van der Waals surface area contributed by atoms with Crippen LogP contribution < -0.4 is 25.6 Å². The van der Waals surface area contributed by atoms with Crippen LogP contribution in [-0.4, -0.2) is 47.1 Å². The fraction of sp³-hybridized carbons (Fsp3) is 0.385. The number of amides is 2. The molecule has 0 aliphatic heterocycles. The largest absolute Gasteiger partial charge is 0.799 e. The number of unbranched alkanes of at least 4 members (excludes halogenated alkanes) is 1. The molecule has 11 nitrogen and oxygen atoms in total. The van der Waals surface area contributed by atoms with E-state index >= 15 is 0 Å². The van der Waals surface area contributed by atoms with E-state index < -0.39 is 42.7 Å². The monoisotopic (exact) mass is 747 g/mol. The van der Waals surface area contributed by atoms with Crippen LogP contribution in [0.4, 0.5) is 0 Å². The molecule has 0 aromatic heterocycles. The molecule has 3 N–H and O–H groups in total. The quantitative estimate of drug-likeness (QED) is 0.114. The molecular formula is C39H43ClN3O8P-2. The molecule has 276 valence electrons. The van der Waals surface area contributed by atoms with Gasteiger partial charge in [-0.3, -0.25) is 23.8 Å². The number of ketones is 2. The Morgan fingerprint density at radius 3 is 2.33 bits per heavy atom. The summed E-state index contributed by atoms with van der Waals surface area (Å²) in [6.45, 7) is 3.41. The fourth-order valence-electron chi connectivity index (χ4n) is 7.07. The minimum absolute atomic E-state index is 0.0943. The van der Waals surface area contributed by atoms with Gasteiger partial charge in [-0.1, -0.05) is 61.7 Å². The van der Waals surface area contributed by atoms with Gasteiger partial charge < -0.3 is 30.1 Å². The van der Waals surface area contributed by atoms with Crippen LogP contribution in [0.3, 0.4) is 0 Å². The second-order valence-corrected chi connectivity index (χ2v) is 15.4. The van der Waals surface area contributed by atoms with Crippen molar-refractivity contribution >= 4 is 42.7 Å². The zero-order valence-electron chi connectivity index (χ0n) is 29.3. The lowest BCUT2D eigenvalue weighted by molar-refractivity contribution is -0.332. The molecule has 3 aromatic carbocycles. The first-order valence-electron chi connectivity index (χ1n) is 17.5. The third-order valence-electron chi connectivity index (χ3n) is 10.1. The Kier molecular flexibility index (Phi) is 12.6. The highest BCUT2D eigenvalue weighted by Gasteiger charge is 2.44. The summed E-state index contributed by atoms with van der Waals surface area (Å²) in [6.07, 6.45) is 7.44. The number of ether oxygens (including phenoxy) is 1. The Morgan fingerprint density at radius 1 is 1.02 bits per heavy atom. The van der Waals surface area contributed by atoms with Crippen LogP contribution in [0, 0.1) is 5.92 Å². The number of hydrogen-bond acceptors (Lipinski definition) is 8. The van der Waals surface area contributed by atoms with Gasteiger partial charge in [0.05, 0.1) is 23.8 Å². The van der Waals surface area contributed by atoms with E-state index in [9.17, 15) is 33.5 Å². The summed E-state index contributed by atoms with van der Waals surface area (Å²) in [4.78, 5) is 78.7. The number of Topliss-reactive ketones (excluding diaryl/α,β-unsaturated/α-hetero) is 1. The minimum Gasteiger partial charge on any atom is -0.799 e. The minimum atomic E-state index is -5.55. The van der Waals surface area contributed by atoms with Crippen molar-refractivity contribution < 1.29 is 38.3 Å². The fourth-order valence-corrected chi connectivity index (χ4v) is 8.36. The van der Waals surface area contributed by atoms with Gasteiger partial charge in [-0.05, 0) is 86.9 Å². The highest BCUT2D eigenvalue weighted by molar-refractivity contribution is 7.46. The number of halogens is 1. The van der Waals surface area contributed by atoms with E-state index in [1.807, 2.05) is 0 Å². The number of allylic oxidation sites excluding steroid dienone is 1. The molecule has 3 aromatic rings. The summed E-state index contributed by atoms with van der Waals surface area (Å²) >= 11 is 5.85. The smallest absolute Gasteiger partial charge is 0.252 e. The summed E-state index contributed by atoms with van der Waals surface area (Å²) in [5.74, 6) is -1.17. The Bertz CT molecular complexity index is 1900. The van der Waals surface area contributed by atoms with Gasteiger partial charge in [-0.25, -0.2) is 0 Å². The Balaban J connectivity index is 1.41. The van der Waals surface area contributed by atoms with Crippen LogP contribution >= 0.6 is 19.3 Å². The molecule has 1 saturated carbocycles. The van der Waals surface area contributed by atoms with E-state index in [2.05, 4.69) is 5.32 Å². The van der Waals surface area contributed by atoms with E-state index in [1.165, 1.54) is 62.6 Å². The first-order chi connectivity index (χ1) is 24.7. The lowest BCUT2D eigenvalue weighted by Crippen LogP contribution is -2.51. The topological polar surface area (TPSA) is 182 Å². The van der Waals surface area contributed by atoms with Crippen LogP contribution in [0.1, 0.15) is 117 Å². The molecule has 52 heavy (non-hydrogen) atoms. The molecule has 13 heteroatoms. The maximum Gasteiger partial charge on any atom is 0.252 e. The summed E-state index contributed by atoms with van der Waals surface area (Å²) in [5, 5.41) is 2.90. The Morgan fingerprint density at radius 2 is 1.69 bits per heavy atom. The van der Waals surface area contributed by atoms with Crippen LogP contribution in [0.5, 0.6) is 5.75 Å². The van der Waals surface area contributed by atoms with Crippen molar-refractivity contribution in [3.8, 4) is 5.75 Å². The van der Waals surface area contributed by atoms with Crippen molar-refractivity contribution in [1.82, 2.24) is 9.99 Å². The number of nitrogens with one attached hydrogen (secondary N) is 1. The van der Waals surface area contributed by atoms with Crippen molar-refractivity contribution in [3.05, 3.63) is 112 Å². The number of carbonyl (C=O) groups is 4. The van der Waals surface area contributed by atoms with Crippen LogP contribution in [0.2, 0.25) is 0 Å². The third kappa shape index (κ3) is 8.56. The van der Waals surface area contributed by atoms with E-state index in [4.69, 9.17) is 22.1 Å². The molecule has 0 bridgehead atoms. The van der Waals surface area contributed by atoms with E-state index in [-0.39, 0.29) is 52.2 Å². The zero-order valence-corrected chi connectivity index (χ0v) is 30.9. The number of primary amides is 1. The zero-order chi connectivity index (χ0) is 37.6. The molecule has 2 unspecified atom stereocenters. The highest BCUT2D eigenvalue weighted by Crippen LogP contribution is 2.49. The normalized spacial score (nSPS) is 16.8. The average molecular weight is 748 g/mol. The molecule has 2 aliphatic carbocycles. The lowest BCUT2D eigenvalue weighted by atomic mass is 9.76. The molecule has 2 aliphatic rings. The Hall–Kier alpha value is -4.12. The number of alkyl halides is 1. The van der Waals surface area contributed by atoms with Gasteiger partial charge >= 0.3 is 0 Å². The molecule has 0 saturated heterocycles. The maximum atomic E-state index is 13.9. The average Bonchev–Trinajstić information content (AvgIpc) is 3.13. The van der Waals surface area contributed by atoms with Crippen molar-refractivity contribution in [2.24, 2.45) is 11.7 Å². The standard InChI is InChI=1S/C39H45ClN3O8P/c1-25(28-16-19-35(32(22-28)37(41)46)51-24-26-10-4-3-5-11-26)42-38(47)27-14-17-29(18-15-27)39(2,43(52(48,49)50)21-9-8-20-40)33-23-34(44)30-12-6-7-13-31(30)36(33)45/h6-7,12-19,22-23,25-26H,3-5,8-11,20-21,24H2,1-2H3,(H2,41,46)(H,42,47)(H2,48,49,50)/p-2. The Labute approximate surface area is 308 Å². The first kappa shape index (κ1) is 39.1. The number of fused-ring (bicyclic) bond motifs is 1. The van der Waals surface area contributed by atoms with E-state index in [0.717, 1.165) is 18.9 Å². The van der Waals surface area contributed by atoms with Crippen molar-refractivity contribution in [2.45, 2.75) is 70.4 Å². The van der Waals surface area contributed by atoms with Gasteiger partial charge in [-0.15, -0.1) is 11.6 Å². The molecule has 0 heterocycles. The summed E-state index contributed by atoms with van der Waals surface area (Å²) < 4.78 is 19.6. The molecule has 5 rings (SSSR count). The number of benzene rings is 3. The van der Waals surface area contributed by atoms with Crippen LogP contribution in [0.25, 0.3) is 0 Å². The SMILES string of the molecule is CC(NC(=O)c1ccc(C(C)(C2=CC(=O)c3ccccc3C2=O)N(CCCCCl)P(=O)([O-])[O-])cc1)c1ccc(OCC2CCCCC2)c(C(N)=O)c1. The highest BCUT2D eigenvalue weighted by atomic mass is 35.5. The number of rotatable bonds is 15. The van der Waals surface area contributed by atoms with Crippen LogP contribution in [0.15, 0.2) is 78.4 Å². The third-order valence-corrected chi connectivity index (χ3v) is 11.5. The van der Waals surface area contributed by atoms with E-state index in [1.54, 1.807) is 37.3 Å². The van der Waals surface area contributed by atoms with Gasteiger partial charge in [0.1, 0.15) is 5.75 Å². The predicted molar refractivity (Wildman–Crippen MR) is 194 cm³/mol. The van der Waals surface area contributed by atoms with Gasteiger partial charge in [0.2, 0.25) is 0 Å². The second-order valence-electron chi connectivity index (χ2n) is 13.6. The summed E-state index contributed by atoms with van der Waals surface area (Å²) in [5.41, 5.74) is 5.12. The molecular weight excluding hydrogens is 705 g/mol. The number of nitrogens with zero attached hydrogens (tertiary/aromatic N) is 1. The predicted octanol–water partition coefficient (Wildman–Crippen LogP) is 5.61.